The van der Waals surface area contributed by atoms with Crippen LogP contribution in [0.15, 0.2) is 24.3 Å². The number of benzene rings is 1. The Labute approximate surface area is 124 Å². The average Bonchev–Trinajstić information content (AvgIpc) is 2.93. The molecule has 0 aliphatic carbocycles. The number of hydrogen-bond acceptors (Lipinski definition) is 3. The highest BCUT2D eigenvalue weighted by Gasteiger charge is 2.51. The van der Waals surface area contributed by atoms with E-state index in [2.05, 4.69) is 5.32 Å². The van der Waals surface area contributed by atoms with Gasteiger partial charge in [-0.25, -0.2) is 4.39 Å². The van der Waals surface area contributed by atoms with Crippen LogP contribution >= 0.6 is 0 Å². The van der Waals surface area contributed by atoms with E-state index >= 15 is 0 Å². The van der Waals surface area contributed by atoms with Gasteiger partial charge in [-0.1, -0.05) is 12.1 Å². The van der Waals surface area contributed by atoms with Gasteiger partial charge in [0.15, 0.2) is 0 Å². The maximum atomic E-state index is 12.9. The van der Waals surface area contributed by atoms with Crippen molar-refractivity contribution in [2.45, 2.75) is 13.0 Å². The van der Waals surface area contributed by atoms with Gasteiger partial charge in [0, 0.05) is 26.7 Å². The van der Waals surface area contributed by atoms with E-state index in [9.17, 15) is 9.18 Å². The smallest absolute Gasteiger partial charge is 0.232 e. The van der Waals surface area contributed by atoms with E-state index in [0.717, 1.165) is 25.1 Å². The third-order valence-corrected chi connectivity index (χ3v) is 4.69. The minimum Gasteiger partial charge on any atom is -0.380 e. The lowest BCUT2D eigenvalue weighted by molar-refractivity contribution is -0.151. The molecule has 0 bridgehead atoms. The quantitative estimate of drug-likeness (QED) is 0.916. The second kappa shape index (κ2) is 5.73. The molecule has 5 heteroatoms. The summed E-state index contributed by atoms with van der Waals surface area (Å²) in [6, 6.07) is 6.29. The number of carbonyl (C=O) groups is 1. The first-order valence-electron chi connectivity index (χ1n) is 7.40. The van der Waals surface area contributed by atoms with Gasteiger partial charge in [-0.3, -0.25) is 4.79 Å². The molecule has 1 amide bonds. The molecule has 2 heterocycles. The molecular formula is C16H21FN2O2. The summed E-state index contributed by atoms with van der Waals surface area (Å²) in [6.07, 6.45) is 0.934. The highest BCUT2D eigenvalue weighted by Crippen LogP contribution is 2.39. The van der Waals surface area contributed by atoms with Crippen molar-refractivity contribution in [2.75, 3.05) is 33.4 Å². The number of ether oxygens (including phenoxy) is 1. The van der Waals surface area contributed by atoms with Gasteiger partial charge >= 0.3 is 0 Å². The predicted molar refractivity (Wildman–Crippen MR) is 77.1 cm³/mol. The van der Waals surface area contributed by atoms with Gasteiger partial charge in [0.25, 0.3) is 0 Å². The van der Waals surface area contributed by atoms with Crippen LogP contribution in [0.2, 0.25) is 0 Å². The zero-order valence-corrected chi connectivity index (χ0v) is 12.3. The fourth-order valence-electron chi connectivity index (χ4n) is 3.46. The van der Waals surface area contributed by atoms with Crippen molar-refractivity contribution in [1.29, 1.82) is 0 Å². The summed E-state index contributed by atoms with van der Waals surface area (Å²) >= 11 is 0. The summed E-state index contributed by atoms with van der Waals surface area (Å²) in [5.74, 6) is 0.225. The fraction of sp³-hybridized carbons (Fsp3) is 0.562. The highest BCUT2D eigenvalue weighted by molar-refractivity contribution is 5.84. The molecule has 2 atom stereocenters. The van der Waals surface area contributed by atoms with Gasteiger partial charge in [-0.05, 0) is 36.6 Å². The van der Waals surface area contributed by atoms with Gasteiger partial charge in [0.1, 0.15) is 5.82 Å². The van der Waals surface area contributed by atoms with Crippen LogP contribution in [-0.2, 0) is 16.1 Å². The molecule has 0 unspecified atom stereocenters. The van der Waals surface area contributed by atoms with Gasteiger partial charge in [0.05, 0.1) is 12.0 Å². The van der Waals surface area contributed by atoms with E-state index in [1.165, 1.54) is 12.1 Å². The lowest BCUT2D eigenvalue weighted by Gasteiger charge is -2.39. The van der Waals surface area contributed by atoms with Crippen molar-refractivity contribution in [3.8, 4) is 0 Å². The van der Waals surface area contributed by atoms with E-state index in [0.29, 0.717) is 25.6 Å². The molecule has 2 aliphatic rings. The molecule has 1 aromatic carbocycles. The molecule has 3 rings (SSSR count). The second-order valence-electron chi connectivity index (χ2n) is 6.11. The first kappa shape index (κ1) is 14.5. The van der Waals surface area contributed by atoms with Crippen molar-refractivity contribution >= 4 is 5.91 Å². The van der Waals surface area contributed by atoms with Crippen LogP contribution in [0.5, 0.6) is 0 Å². The Balaban J connectivity index is 1.73. The molecule has 114 valence electrons. The minimum atomic E-state index is -0.424. The topological polar surface area (TPSA) is 41.6 Å². The third-order valence-electron chi connectivity index (χ3n) is 4.69. The molecule has 1 N–H and O–H groups in total. The first-order valence-corrected chi connectivity index (χ1v) is 7.40. The molecular weight excluding hydrogens is 271 g/mol. The summed E-state index contributed by atoms with van der Waals surface area (Å²) in [5, 5.41) is 3.34. The van der Waals surface area contributed by atoms with Crippen LogP contribution < -0.4 is 5.32 Å². The zero-order valence-electron chi connectivity index (χ0n) is 12.3. The Morgan fingerprint density at radius 2 is 2.24 bits per heavy atom. The third kappa shape index (κ3) is 2.68. The van der Waals surface area contributed by atoms with Gasteiger partial charge in [-0.2, -0.15) is 0 Å². The molecule has 0 radical (unpaired) electrons. The largest absolute Gasteiger partial charge is 0.380 e. The summed E-state index contributed by atoms with van der Waals surface area (Å²) in [7, 11) is 1.81. The number of hydrogen-bond donors (Lipinski definition) is 1. The van der Waals surface area contributed by atoms with E-state index in [1.807, 2.05) is 7.05 Å². The van der Waals surface area contributed by atoms with Crippen LogP contribution in [0.3, 0.4) is 0 Å². The number of halogens is 1. The van der Waals surface area contributed by atoms with E-state index in [1.54, 1.807) is 17.0 Å². The maximum absolute atomic E-state index is 12.9. The highest BCUT2D eigenvalue weighted by atomic mass is 19.1. The van der Waals surface area contributed by atoms with Crippen LogP contribution in [-0.4, -0.2) is 44.2 Å². The van der Waals surface area contributed by atoms with Crippen molar-refractivity contribution in [3.05, 3.63) is 35.6 Å². The molecule has 2 aliphatic heterocycles. The van der Waals surface area contributed by atoms with Crippen molar-refractivity contribution in [1.82, 2.24) is 10.2 Å². The summed E-state index contributed by atoms with van der Waals surface area (Å²) in [6.45, 7) is 3.30. The normalized spacial score (nSPS) is 28.2. The number of nitrogens with zero attached hydrogens (tertiary/aromatic N) is 1. The Hall–Kier alpha value is -1.46. The number of fused-ring (bicyclic) bond motifs is 1. The Kier molecular flexibility index (Phi) is 3.95. The first-order chi connectivity index (χ1) is 10.1. The monoisotopic (exact) mass is 292 g/mol. The van der Waals surface area contributed by atoms with Gasteiger partial charge < -0.3 is 15.0 Å². The Morgan fingerprint density at radius 1 is 1.48 bits per heavy atom. The van der Waals surface area contributed by atoms with Crippen molar-refractivity contribution in [2.24, 2.45) is 11.3 Å². The van der Waals surface area contributed by atoms with Crippen molar-refractivity contribution in [3.63, 3.8) is 0 Å². The zero-order chi connectivity index (χ0) is 14.9. The predicted octanol–water partition coefficient (Wildman–Crippen LogP) is 1.41. The van der Waals surface area contributed by atoms with Gasteiger partial charge in [0.2, 0.25) is 5.91 Å². The molecule has 0 aromatic heterocycles. The van der Waals surface area contributed by atoms with E-state index in [-0.39, 0.29) is 11.7 Å². The van der Waals surface area contributed by atoms with Crippen LogP contribution in [0.4, 0.5) is 4.39 Å². The fourth-order valence-corrected chi connectivity index (χ4v) is 3.46. The molecule has 0 saturated carbocycles. The molecule has 4 nitrogen and oxygen atoms in total. The SMILES string of the molecule is CN(Cc1ccc(F)cc1)C(=O)[C@]12CNC[C@H]1CCOC2. The van der Waals surface area contributed by atoms with Crippen LogP contribution in [0.25, 0.3) is 0 Å². The minimum absolute atomic E-state index is 0.126. The number of rotatable bonds is 3. The second-order valence-corrected chi connectivity index (χ2v) is 6.11. The van der Waals surface area contributed by atoms with Crippen molar-refractivity contribution < 1.29 is 13.9 Å². The van der Waals surface area contributed by atoms with Crippen LogP contribution in [0, 0.1) is 17.2 Å². The summed E-state index contributed by atoms with van der Waals surface area (Å²) in [4.78, 5) is 14.6. The average molecular weight is 292 g/mol. The summed E-state index contributed by atoms with van der Waals surface area (Å²) < 4.78 is 18.5. The molecule has 1 aromatic rings. The van der Waals surface area contributed by atoms with E-state index < -0.39 is 5.41 Å². The van der Waals surface area contributed by atoms with E-state index in [4.69, 9.17) is 4.74 Å². The number of amides is 1. The molecule has 2 fully saturated rings. The maximum Gasteiger partial charge on any atom is 0.232 e. The Bertz CT molecular complexity index is 520. The standard InChI is InChI=1S/C16H21FN2O2/c1-19(9-12-2-4-14(17)5-3-12)15(20)16-10-18-8-13(16)6-7-21-11-16/h2-5,13,18H,6-11H2,1H3/t13-,16+/m1/s1. The lowest BCUT2D eigenvalue weighted by atomic mass is 9.74. The summed E-state index contributed by atoms with van der Waals surface area (Å²) in [5.41, 5.74) is 0.510. The molecule has 0 spiro atoms. The van der Waals surface area contributed by atoms with Gasteiger partial charge in [-0.15, -0.1) is 0 Å². The molecule has 21 heavy (non-hydrogen) atoms. The Morgan fingerprint density at radius 3 is 3.00 bits per heavy atom. The lowest BCUT2D eigenvalue weighted by Crippen LogP contribution is -2.52. The number of nitrogens with one attached hydrogen (secondary N) is 1. The number of carbonyl (C=O) groups excluding carboxylic acids is 1. The molecule has 2 saturated heterocycles. The van der Waals surface area contributed by atoms with Crippen LogP contribution in [0.1, 0.15) is 12.0 Å².